The minimum Gasteiger partial charge on any atom is -0.383 e. The second kappa shape index (κ2) is 4.37. The van der Waals surface area contributed by atoms with E-state index in [-0.39, 0.29) is 17.1 Å². The molecule has 0 aromatic heterocycles. The lowest BCUT2D eigenvalue weighted by Crippen LogP contribution is -2.52. The summed E-state index contributed by atoms with van der Waals surface area (Å²) in [5.74, 6) is -0.167. The lowest BCUT2D eigenvalue weighted by molar-refractivity contribution is -0.128. The maximum Gasteiger partial charge on any atom is 0.181 e. The van der Waals surface area contributed by atoms with Crippen molar-refractivity contribution in [2.24, 2.45) is 0 Å². The lowest BCUT2D eigenvalue weighted by Gasteiger charge is -2.37. The molecule has 1 heterocycles. The fourth-order valence-electron chi connectivity index (χ4n) is 1.60. The van der Waals surface area contributed by atoms with Crippen molar-refractivity contribution in [3.8, 4) is 0 Å². The van der Waals surface area contributed by atoms with Gasteiger partial charge in [-0.3, -0.25) is 14.5 Å². The molecule has 0 aromatic carbocycles. The van der Waals surface area contributed by atoms with E-state index < -0.39 is 0 Å². The lowest BCUT2D eigenvalue weighted by atomic mass is 9.96. The van der Waals surface area contributed by atoms with Gasteiger partial charge < -0.3 is 4.90 Å². The van der Waals surface area contributed by atoms with Crippen molar-refractivity contribution in [2.75, 3.05) is 27.2 Å². The third kappa shape index (κ3) is 2.92. The van der Waals surface area contributed by atoms with Gasteiger partial charge in [-0.2, -0.15) is 0 Å². The minimum atomic E-state index is -0.144. The normalized spacial score (nSPS) is 18.9. The Morgan fingerprint density at radius 3 is 1.88 bits per heavy atom. The van der Waals surface area contributed by atoms with Gasteiger partial charge >= 0.3 is 0 Å². The predicted molar refractivity (Wildman–Crippen MR) is 63.1 cm³/mol. The van der Waals surface area contributed by atoms with Crippen LogP contribution in [0.5, 0.6) is 0 Å². The molecule has 0 aromatic rings. The van der Waals surface area contributed by atoms with Crippen molar-refractivity contribution in [2.45, 2.75) is 26.3 Å². The highest BCUT2D eigenvalue weighted by Gasteiger charge is 2.34. The number of carbonyl (C=O) groups is 2. The zero-order valence-corrected chi connectivity index (χ0v) is 10.7. The first-order valence-corrected chi connectivity index (χ1v) is 5.41. The van der Waals surface area contributed by atoms with Crippen molar-refractivity contribution in [3.63, 3.8) is 0 Å². The molecule has 16 heavy (non-hydrogen) atoms. The molecule has 0 saturated carbocycles. The third-order valence-corrected chi connectivity index (χ3v) is 2.61. The fourth-order valence-corrected chi connectivity index (χ4v) is 1.60. The van der Waals surface area contributed by atoms with Gasteiger partial charge in [0.2, 0.25) is 0 Å². The molecule has 0 aliphatic carbocycles. The van der Waals surface area contributed by atoms with Crippen molar-refractivity contribution in [1.82, 2.24) is 9.80 Å². The summed E-state index contributed by atoms with van der Waals surface area (Å²) in [6, 6.07) is 0. The van der Waals surface area contributed by atoms with Crippen LogP contribution in [-0.2, 0) is 9.59 Å². The van der Waals surface area contributed by atoms with Crippen LogP contribution in [0.4, 0.5) is 0 Å². The molecule has 1 aliphatic heterocycles. The first-order valence-electron chi connectivity index (χ1n) is 5.41. The van der Waals surface area contributed by atoms with Crippen molar-refractivity contribution >= 4 is 11.6 Å². The monoisotopic (exact) mass is 224 g/mol. The average Bonchev–Trinajstić information content (AvgIpc) is 2.09. The largest absolute Gasteiger partial charge is 0.383 e. The topological polar surface area (TPSA) is 40.6 Å². The number of nitrogens with zero attached hydrogens (tertiary/aromatic N) is 2. The zero-order chi connectivity index (χ0) is 12.5. The second-order valence-corrected chi connectivity index (χ2v) is 5.38. The molecule has 0 radical (unpaired) electrons. The predicted octanol–water partition coefficient (Wildman–Crippen LogP) is 0.684. The molecule has 0 amide bonds. The molecule has 4 heteroatoms. The van der Waals surface area contributed by atoms with Gasteiger partial charge in [0.05, 0.1) is 18.7 Å². The highest BCUT2D eigenvalue weighted by atomic mass is 16.2. The quantitative estimate of drug-likeness (QED) is 0.485. The molecule has 4 nitrogen and oxygen atoms in total. The molecular formula is C12H20N2O2. The van der Waals surface area contributed by atoms with Crippen LogP contribution in [0.1, 0.15) is 20.8 Å². The zero-order valence-electron chi connectivity index (χ0n) is 10.7. The summed E-state index contributed by atoms with van der Waals surface area (Å²) in [6.45, 7) is 6.68. The molecule has 0 bridgehead atoms. The first-order chi connectivity index (χ1) is 7.21. The number of carbonyl (C=O) groups excluding carboxylic acids is 2. The third-order valence-electron chi connectivity index (χ3n) is 2.61. The number of hydrogen-bond donors (Lipinski definition) is 0. The van der Waals surface area contributed by atoms with Gasteiger partial charge in [0.25, 0.3) is 0 Å². The maximum absolute atomic E-state index is 11.8. The summed E-state index contributed by atoms with van der Waals surface area (Å²) in [6.07, 6.45) is 1.62. The Hall–Kier alpha value is -1.16. The van der Waals surface area contributed by atoms with Crippen LogP contribution < -0.4 is 0 Å². The van der Waals surface area contributed by atoms with Crippen LogP contribution >= 0.6 is 0 Å². The molecular weight excluding hydrogens is 204 g/mol. The van der Waals surface area contributed by atoms with E-state index in [1.54, 1.807) is 11.1 Å². The Morgan fingerprint density at radius 1 is 1.12 bits per heavy atom. The van der Waals surface area contributed by atoms with Gasteiger partial charge in [0.1, 0.15) is 0 Å². The average molecular weight is 224 g/mol. The smallest absolute Gasteiger partial charge is 0.181 e. The molecule has 90 valence electrons. The number of likely N-dealkylation sites (tertiary alicyclic amines) is 1. The molecule has 1 aliphatic rings. The van der Waals surface area contributed by atoms with Gasteiger partial charge in [0.15, 0.2) is 11.6 Å². The number of Topliss-reactive ketones (excluding diaryl/α,β-unsaturated/α-hetero) is 2. The number of ketones is 2. The molecule has 0 unspecified atom stereocenters. The Bertz CT molecular complexity index is 317. The second-order valence-electron chi connectivity index (χ2n) is 5.38. The summed E-state index contributed by atoms with van der Waals surface area (Å²) < 4.78 is 0. The van der Waals surface area contributed by atoms with Crippen LogP contribution in [0.2, 0.25) is 0 Å². The van der Waals surface area contributed by atoms with E-state index >= 15 is 0 Å². The van der Waals surface area contributed by atoms with E-state index in [1.165, 1.54) is 0 Å². The van der Waals surface area contributed by atoms with Crippen molar-refractivity contribution in [1.29, 1.82) is 0 Å². The van der Waals surface area contributed by atoms with E-state index in [9.17, 15) is 9.59 Å². The molecule has 1 rings (SSSR count). The van der Waals surface area contributed by atoms with E-state index in [4.69, 9.17) is 0 Å². The summed E-state index contributed by atoms with van der Waals surface area (Å²) in [5.41, 5.74) is 0.181. The Labute approximate surface area is 96.9 Å². The number of hydrogen-bond acceptors (Lipinski definition) is 4. The summed E-state index contributed by atoms with van der Waals surface area (Å²) in [7, 11) is 3.62. The standard InChI is InChI=1S/C12H20N2O2/c1-12(2,3)14-7-10(15)9(6-13(4)5)11(16)8-14/h6H,7-8H2,1-5H3. The van der Waals surface area contributed by atoms with E-state index in [0.29, 0.717) is 18.7 Å². The molecule has 0 spiro atoms. The Balaban J connectivity index is 2.89. The molecule has 0 atom stereocenters. The minimum absolute atomic E-state index is 0.0834. The van der Waals surface area contributed by atoms with Crippen molar-refractivity contribution in [3.05, 3.63) is 11.8 Å². The number of rotatable bonds is 1. The van der Waals surface area contributed by atoms with Crippen LogP contribution in [0.15, 0.2) is 11.8 Å². The van der Waals surface area contributed by atoms with Crippen LogP contribution in [-0.4, -0.2) is 54.1 Å². The highest BCUT2D eigenvalue weighted by molar-refractivity contribution is 6.23. The summed E-state index contributed by atoms with van der Waals surface area (Å²) in [4.78, 5) is 27.3. The van der Waals surface area contributed by atoms with Gasteiger partial charge in [-0.05, 0) is 20.8 Å². The van der Waals surface area contributed by atoms with Gasteiger partial charge in [-0.25, -0.2) is 0 Å². The SMILES string of the molecule is CN(C)C=C1C(=O)CN(C(C)(C)C)CC1=O. The Morgan fingerprint density at radius 2 is 1.56 bits per heavy atom. The first kappa shape index (κ1) is 12.9. The maximum atomic E-state index is 11.8. The van der Waals surface area contributed by atoms with Gasteiger partial charge in [0, 0.05) is 25.8 Å². The molecule has 1 saturated heterocycles. The van der Waals surface area contributed by atoms with E-state index in [1.807, 2.05) is 39.8 Å². The molecule has 0 N–H and O–H groups in total. The molecule has 1 fully saturated rings. The Kier molecular flexibility index (Phi) is 3.53. The summed E-state index contributed by atoms with van der Waals surface area (Å²) in [5, 5.41) is 0. The van der Waals surface area contributed by atoms with Crippen molar-refractivity contribution < 1.29 is 9.59 Å². The number of piperidine rings is 1. The highest BCUT2D eigenvalue weighted by Crippen LogP contribution is 2.19. The van der Waals surface area contributed by atoms with Gasteiger partial charge in [-0.1, -0.05) is 0 Å². The summed E-state index contributed by atoms with van der Waals surface area (Å²) >= 11 is 0. The van der Waals surface area contributed by atoms with E-state index in [0.717, 1.165) is 0 Å². The van der Waals surface area contributed by atoms with Crippen LogP contribution in [0.25, 0.3) is 0 Å². The van der Waals surface area contributed by atoms with E-state index in [2.05, 4.69) is 0 Å². The van der Waals surface area contributed by atoms with Gasteiger partial charge in [-0.15, -0.1) is 0 Å². The van der Waals surface area contributed by atoms with Crippen LogP contribution in [0, 0.1) is 0 Å². The van der Waals surface area contributed by atoms with Crippen LogP contribution in [0.3, 0.4) is 0 Å². The fraction of sp³-hybridized carbons (Fsp3) is 0.667.